The molecule has 222 valence electrons. The van der Waals surface area contributed by atoms with E-state index in [4.69, 9.17) is 37.4 Å². The smallest absolute Gasteiger partial charge is 0.333 e. The van der Waals surface area contributed by atoms with Crippen molar-refractivity contribution >= 4 is 58.4 Å². The maximum atomic E-state index is 13.2. The Labute approximate surface area is 259 Å². The molecule has 2 aromatic carbocycles. The zero-order valence-corrected chi connectivity index (χ0v) is 26.5. The number of halogens is 2. The lowest BCUT2D eigenvalue weighted by Gasteiger charge is -2.18. The summed E-state index contributed by atoms with van der Waals surface area (Å²) < 4.78 is 16.5. The van der Waals surface area contributed by atoms with Gasteiger partial charge in [0.2, 0.25) is 5.75 Å². The summed E-state index contributed by atoms with van der Waals surface area (Å²) in [4.78, 5) is 42.7. The molecule has 0 aliphatic rings. The summed E-state index contributed by atoms with van der Waals surface area (Å²) in [6.45, 7) is 6.93. The highest BCUT2D eigenvalue weighted by atomic mass is 35.5. The van der Waals surface area contributed by atoms with E-state index >= 15 is 0 Å². The second-order valence-corrected chi connectivity index (χ2v) is 11.2. The van der Waals surface area contributed by atoms with Crippen molar-refractivity contribution in [2.75, 3.05) is 19.1 Å². The molecular formula is C31H32Cl2N2O6S. The fourth-order valence-electron chi connectivity index (χ4n) is 3.99. The maximum Gasteiger partial charge on any atom is 0.333 e. The van der Waals surface area contributed by atoms with Crippen LogP contribution in [-0.4, -0.2) is 48.0 Å². The summed E-state index contributed by atoms with van der Waals surface area (Å²) in [7, 11) is 1.38. The number of aryl methyl sites for hydroxylation is 2. The van der Waals surface area contributed by atoms with Crippen LogP contribution in [0.4, 0.5) is 0 Å². The Hall–Kier alpha value is -3.53. The number of nitrogens with zero attached hydrogens (tertiary/aromatic N) is 1. The molecule has 3 aromatic rings. The largest absolute Gasteiger partial charge is 0.493 e. The van der Waals surface area contributed by atoms with E-state index in [0.29, 0.717) is 27.1 Å². The first-order valence-electron chi connectivity index (χ1n) is 13.0. The van der Waals surface area contributed by atoms with E-state index in [9.17, 15) is 14.4 Å². The minimum Gasteiger partial charge on any atom is -0.493 e. The molecule has 0 saturated carbocycles. The third-order valence-electron chi connectivity index (χ3n) is 6.23. The Kier molecular flexibility index (Phi) is 11.8. The van der Waals surface area contributed by atoms with Crippen molar-refractivity contribution in [3.63, 3.8) is 0 Å². The molecule has 0 unspecified atom stereocenters. The van der Waals surface area contributed by atoms with E-state index in [-0.39, 0.29) is 23.6 Å². The van der Waals surface area contributed by atoms with Crippen LogP contribution >= 0.6 is 35.0 Å². The lowest BCUT2D eigenvalue weighted by Crippen LogP contribution is -2.40. The zero-order valence-electron chi connectivity index (χ0n) is 24.2. The number of rotatable bonds is 11. The van der Waals surface area contributed by atoms with Crippen LogP contribution in [0.5, 0.6) is 11.5 Å². The van der Waals surface area contributed by atoms with E-state index in [1.807, 2.05) is 44.4 Å². The Morgan fingerprint density at radius 3 is 2.12 bits per heavy atom. The lowest BCUT2D eigenvalue weighted by molar-refractivity contribution is -0.141. The minimum absolute atomic E-state index is 0.126. The van der Waals surface area contributed by atoms with Gasteiger partial charge in [-0.3, -0.25) is 9.59 Å². The number of allylic oxidation sites excluding steroid dienone is 1. The van der Waals surface area contributed by atoms with E-state index in [0.717, 1.165) is 22.3 Å². The maximum absolute atomic E-state index is 13.2. The molecule has 11 heteroatoms. The van der Waals surface area contributed by atoms with Crippen molar-refractivity contribution < 1.29 is 28.6 Å². The van der Waals surface area contributed by atoms with Gasteiger partial charge in [0.05, 0.1) is 13.5 Å². The topological polar surface area (TPSA) is 104 Å². The van der Waals surface area contributed by atoms with Crippen LogP contribution in [0.2, 0.25) is 10.0 Å². The van der Waals surface area contributed by atoms with E-state index in [1.54, 1.807) is 19.1 Å². The number of carbonyl (C=O) groups is 3. The highest BCUT2D eigenvalue weighted by Gasteiger charge is 2.26. The number of ether oxygens (including phenoxy) is 3. The second kappa shape index (κ2) is 15.1. The Balaban J connectivity index is 1.88. The molecule has 1 atom stereocenters. The van der Waals surface area contributed by atoms with Crippen LogP contribution < -0.4 is 14.8 Å². The fraction of sp³-hybridized carbons (Fsp3) is 0.290. The van der Waals surface area contributed by atoms with Gasteiger partial charge in [-0.25, -0.2) is 9.78 Å². The number of pyridine rings is 1. The van der Waals surface area contributed by atoms with Gasteiger partial charge in [0, 0.05) is 33.6 Å². The van der Waals surface area contributed by atoms with Crippen LogP contribution in [0.3, 0.4) is 0 Å². The van der Waals surface area contributed by atoms with E-state index in [2.05, 4.69) is 10.3 Å². The first-order chi connectivity index (χ1) is 20.0. The van der Waals surface area contributed by atoms with Gasteiger partial charge in [0.25, 0.3) is 5.91 Å². The van der Waals surface area contributed by atoms with Gasteiger partial charge in [0.15, 0.2) is 11.4 Å². The number of aromatic nitrogens is 1. The third kappa shape index (κ3) is 8.27. The first kappa shape index (κ1) is 33.0. The zero-order chi connectivity index (χ0) is 31.0. The molecule has 8 nitrogen and oxygen atoms in total. The average Bonchev–Trinajstić information content (AvgIpc) is 2.95. The standard InChI is InChI=1S/C31H32Cl2N2O6S/c1-17-15-21(7-9-23(17)32)27(22-8-10-24(33)18(2)16-22)20(4)40-31(38)19(3)35-30(37)28-29(25(39-5)11-13-34-28)41-26(36)12-14-42-6/h7-11,13,15-16,19H,12,14H2,1-6H3,(H,35,37)/t19-/m0/s1. The van der Waals surface area contributed by atoms with Crippen LogP contribution in [-0.2, 0) is 14.3 Å². The quantitative estimate of drug-likeness (QED) is 0.182. The summed E-state index contributed by atoms with van der Waals surface area (Å²) in [5.74, 6) is -1.11. The molecular weight excluding hydrogens is 599 g/mol. The highest BCUT2D eigenvalue weighted by molar-refractivity contribution is 7.98. The SMILES string of the molecule is COc1ccnc(C(=O)N[C@@H](C)C(=O)OC(C)=C(c2ccc(Cl)c(C)c2)c2ccc(Cl)c(C)c2)c1OC(=O)CCSC. The summed E-state index contributed by atoms with van der Waals surface area (Å²) in [6, 6.07) is 11.4. The Bertz CT molecular complexity index is 1470. The van der Waals surface area contributed by atoms with Crippen molar-refractivity contribution in [1.82, 2.24) is 10.3 Å². The average molecular weight is 632 g/mol. The normalized spacial score (nSPS) is 11.3. The first-order valence-corrected chi connectivity index (χ1v) is 15.1. The van der Waals surface area contributed by atoms with Crippen LogP contribution in [0.1, 0.15) is 53.0 Å². The van der Waals surface area contributed by atoms with Crippen LogP contribution in [0, 0.1) is 13.8 Å². The van der Waals surface area contributed by atoms with Crippen LogP contribution in [0.15, 0.2) is 54.4 Å². The number of amides is 1. The predicted octanol–water partition coefficient (Wildman–Crippen LogP) is 6.81. The molecule has 1 N–H and O–H groups in total. The number of carbonyl (C=O) groups excluding carboxylic acids is 3. The molecule has 0 radical (unpaired) electrons. The summed E-state index contributed by atoms with van der Waals surface area (Å²) in [5, 5.41) is 3.79. The number of methoxy groups -OCH3 is 1. The van der Waals surface area contributed by atoms with Gasteiger partial charge in [-0.05, 0) is 80.5 Å². The molecule has 0 fully saturated rings. The lowest BCUT2D eigenvalue weighted by atomic mass is 9.94. The van der Waals surface area contributed by atoms with Crippen LogP contribution in [0.25, 0.3) is 5.57 Å². The molecule has 0 saturated heterocycles. The molecule has 1 amide bonds. The molecule has 0 spiro atoms. The number of hydrogen-bond donors (Lipinski definition) is 1. The van der Waals surface area contributed by atoms with Crippen molar-refractivity contribution in [2.45, 2.75) is 40.2 Å². The Morgan fingerprint density at radius 1 is 1.00 bits per heavy atom. The molecule has 0 bridgehead atoms. The van der Waals surface area contributed by atoms with Gasteiger partial charge < -0.3 is 19.5 Å². The van der Waals surface area contributed by atoms with Gasteiger partial charge >= 0.3 is 11.9 Å². The van der Waals surface area contributed by atoms with Crippen molar-refractivity contribution in [3.05, 3.63) is 92.4 Å². The fourth-order valence-corrected chi connectivity index (χ4v) is 4.60. The summed E-state index contributed by atoms with van der Waals surface area (Å²) in [6.07, 6.45) is 3.35. The molecule has 1 heterocycles. The molecule has 1 aromatic heterocycles. The van der Waals surface area contributed by atoms with Gasteiger partial charge in [-0.15, -0.1) is 0 Å². The second-order valence-electron chi connectivity index (χ2n) is 9.38. The summed E-state index contributed by atoms with van der Waals surface area (Å²) >= 11 is 14.0. The predicted molar refractivity (Wildman–Crippen MR) is 167 cm³/mol. The van der Waals surface area contributed by atoms with Gasteiger partial charge in [-0.1, -0.05) is 35.3 Å². The molecule has 0 aliphatic heterocycles. The van der Waals surface area contributed by atoms with Crippen molar-refractivity contribution in [3.8, 4) is 11.5 Å². The van der Waals surface area contributed by atoms with Gasteiger partial charge in [-0.2, -0.15) is 11.8 Å². The Morgan fingerprint density at radius 2 is 1.60 bits per heavy atom. The number of hydrogen-bond acceptors (Lipinski definition) is 8. The summed E-state index contributed by atoms with van der Waals surface area (Å²) in [5.41, 5.74) is 3.74. The van der Waals surface area contributed by atoms with E-state index in [1.165, 1.54) is 38.1 Å². The third-order valence-corrected chi connectivity index (χ3v) is 7.69. The number of esters is 2. The van der Waals surface area contributed by atoms with E-state index < -0.39 is 23.9 Å². The number of thioether (sulfide) groups is 1. The minimum atomic E-state index is -1.08. The van der Waals surface area contributed by atoms with Crippen molar-refractivity contribution in [1.29, 1.82) is 0 Å². The molecule has 3 rings (SSSR count). The number of benzene rings is 2. The molecule has 0 aliphatic carbocycles. The highest BCUT2D eigenvalue weighted by Crippen LogP contribution is 2.33. The monoisotopic (exact) mass is 630 g/mol. The molecule has 42 heavy (non-hydrogen) atoms. The van der Waals surface area contributed by atoms with Gasteiger partial charge in [0.1, 0.15) is 11.8 Å². The number of nitrogens with one attached hydrogen (secondary N) is 1. The van der Waals surface area contributed by atoms with Crippen molar-refractivity contribution in [2.24, 2.45) is 0 Å².